The first-order valence-corrected chi connectivity index (χ1v) is 13.9. The van der Waals surface area contributed by atoms with Crippen LogP contribution in [0.2, 0.25) is 0 Å². The second-order valence-electron chi connectivity index (χ2n) is 9.22. The smallest absolute Gasteiger partial charge is 0.475 e. The van der Waals surface area contributed by atoms with Crippen LogP contribution in [0.3, 0.4) is 0 Å². The minimum Gasteiger partial charge on any atom is -0.475 e. The number of nitrogens with one attached hydrogen (secondary N) is 4. The number of halogens is 6. The van der Waals surface area contributed by atoms with Gasteiger partial charge in [-0.25, -0.2) is 13.2 Å². The summed E-state index contributed by atoms with van der Waals surface area (Å²) in [7, 11) is -4.38. The predicted octanol–water partition coefficient (Wildman–Crippen LogP) is 2.42. The van der Waals surface area contributed by atoms with Crippen LogP contribution in [-0.4, -0.2) is 73.8 Å². The summed E-state index contributed by atoms with van der Waals surface area (Å²) in [5.74, 6) is -4.30. The Hall–Kier alpha value is -4.23. The number of carbonyl (C=O) groups is 3. The summed E-state index contributed by atoms with van der Waals surface area (Å²) in [5, 5.41) is 22.4. The van der Waals surface area contributed by atoms with Gasteiger partial charge < -0.3 is 26.8 Å². The van der Waals surface area contributed by atoms with Crippen molar-refractivity contribution in [1.29, 1.82) is 5.41 Å². The molecule has 1 atom stereocenters. The van der Waals surface area contributed by atoms with Gasteiger partial charge in [-0.1, -0.05) is 6.07 Å². The quantitative estimate of drug-likeness (QED) is 0.108. The standard InChI is InChI=1S/C23H27F3N6O4S.C2HF3O2/c1-14(30-20(33)13-21(34)31-17-5-2-15(3-6-17)22(27)28)16-4-7-19(18(12-16)23(24,25)26)37(35,36)32-10-8-29-9-11-32;3-2(4,5)1(6)7/h2-7,12,14,29H,8-11,13H2,1H3,(H3,27,28)(H,30,33)(H,31,34);(H,6,7). The topological polar surface area (TPSA) is 195 Å². The average molecular weight is 655 g/mol. The van der Waals surface area contributed by atoms with Gasteiger partial charge in [0, 0.05) is 37.4 Å². The minimum atomic E-state index is -5.08. The van der Waals surface area contributed by atoms with Crippen molar-refractivity contribution in [2.75, 3.05) is 31.5 Å². The number of aliphatic carboxylic acids is 1. The van der Waals surface area contributed by atoms with Gasteiger partial charge in [0.1, 0.15) is 12.3 Å². The van der Waals surface area contributed by atoms with Gasteiger partial charge >= 0.3 is 18.3 Å². The highest BCUT2D eigenvalue weighted by molar-refractivity contribution is 7.89. The fourth-order valence-corrected chi connectivity index (χ4v) is 5.38. The second kappa shape index (κ2) is 14.5. The highest BCUT2D eigenvalue weighted by atomic mass is 32.2. The molecule has 2 aromatic carbocycles. The lowest BCUT2D eigenvalue weighted by Gasteiger charge is -2.28. The zero-order valence-electron chi connectivity index (χ0n) is 22.8. The van der Waals surface area contributed by atoms with Crippen LogP contribution in [0.25, 0.3) is 0 Å². The maximum absolute atomic E-state index is 13.8. The monoisotopic (exact) mass is 654 g/mol. The number of carboxylic acid groups (broad SMARTS) is 1. The molecule has 1 unspecified atom stereocenters. The normalized spacial score (nSPS) is 14.9. The Bertz CT molecular complexity index is 1480. The number of rotatable bonds is 8. The second-order valence-corrected chi connectivity index (χ2v) is 11.1. The van der Waals surface area contributed by atoms with Crippen LogP contribution < -0.4 is 21.7 Å². The molecule has 2 amide bonds. The molecular weight excluding hydrogens is 626 g/mol. The van der Waals surface area contributed by atoms with Crippen molar-refractivity contribution in [2.45, 2.75) is 36.6 Å². The first-order chi connectivity index (χ1) is 20.2. The molecule has 7 N–H and O–H groups in total. The van der Waals surface area contributed by atoms with E-state index < -0.39 is 63.1 Å². The van der Waals surface area contributed by atoms with Gasteiger partial charge in [-0.15, -0.1) is 0 Å². The molecule has 1 saturated heterocycles. The maximum Gasteiger partial charge on any atom is 0.490 e. The maximum atomic E-state index is 13.8. The molecule has 2 aromatic rings. The average Bonchev–Trinajstić information content (AvgIpc) is 2.92. The first-order valence-electron chi connectivity index (χ1n) is 12.5. The van der Waals surface area contributed by atoms with E-state index >= 15 is 0 Å². The zero-order chi connectivity index (χ0) is 33.5. The summed E-state index contributed by atoms with van der Waals surface area (Å²) >= 11 is 0. The molecule has 0 radical (unpaired) electrons. The van der Waals surface area contributed by atoms with Gasteiger partial charge in [-0.05, 0) is 48.9 Å². The highest BCUT2D eigenvalue weighted by Crippen LogP contribution is 2.37. The lowest BCUT2D eigenvalue weighted by atomic mass is 10.0. The Balaban J connectivity index is 0.000000860. The van der Waals surface area contributed by atoms with E-state index in [-0.39, 0.29) is 24.5 Å². The molecule has 1 fully saturated rings. The van der Waals surface area contributed by atoms with Crippen molar-refractivity contribution < 1.29 is 54.3 Å². The number of amides is 2. The van der Waals surface area contributed by atoms with E-state index in [0.717, 1.165) is 10.4 Å². The van der Waals surface area contributed by atoms with E-state index in [1.807, 2.05) is 0 Å². The lowest BCUT2D eigenvalue weighted by molar-refractivity contribution is -0.192. The number of alkyl halides is 6. The van der Waals surface area contributed by atoms with Crippen molar-refractivity contribution >= 4 is 39.3 Å². The number of nitrogen functional groups attached to an aromatic ring is 1. The molecule has 0 saturated carbocycles. The van der Waals surface area contributed by atoms with Crippen LogP contribution in [0.4, 0.5) is 32.0 Å². The molecule has 0 bridgehead atoms. The van der Waals surface area contributed by atoms with E-state index in [2.05, 4.69) is 16.0 Å². The largest absolute Gasteiger partial charge is 0.490 e. The van der Waals surface area contributed by atoms with Gasteiger partial charge in [0.2, 0.25) is 21.8 Å². The Labute approximate surface area is 247 Å². The molecule has 44 heavy (non-hydrogen) atoms. The summed E-state index contributed by atoms with van der Waals surface area (Å²) in [6.07, 6.45) is -10.6. The zero-order valence-corrected chi connectivity index (χ0v) is 23.7. The molecule has 19 heteroatoms. The van der Waals surface area contributed by atoms with Crippen LogP contribution in [0.1, 0.15) is 36.1 Å². The highest BCUT2D eigenvalue weighted by Gasteiger charge is 2.40. The van der Waals surface area contributed by atoms with Gasteiger partial charge in [-0.3, -0.25) is 15.0 Å². The molecule has 0 aromatic heterocycles. The predicted molar refractivity (Wildman–Crippen MR) is 144 cm³/mol. The fourth-order valence-electron chi connectivity index (χ4n) is 3.75. The number of hydrogen-bond donors (Lipinski definition) is 6. The molecule has 0 aliphatic carbocycles. The van der Waals surface area contributed by atoms with Crippen molar-refractivity contribution in [2.24, 2.45) is 5.73 Å². The molecule has 1 aliphatic rings. The molecular formula is C25H28F6N6O6S. The molecule has 1 aliphatic heterocycles. The number of nitrogens with two attached hydrogens (primary N) is 1. The van der Waals surface area contributed by atoms with Crippen molar-refractivity contribution in [1.82, 2.24) is 14.9 Å². The number of amidine groups is 1. The summed E-state index contributed by atoms with van der Waals surface area (Å²) in [6.45, 7) is 2.20. The lowest BCUT2D eigenvalue weighted by Crippen LogP contribution is -2.46. The van der Waals surface area contributed by atoms with E-state index in [9.17, 15) is 44.3 Å². The third-order valence-corrected chi connectivity index (χ3v) is 7.88. The van der Waals surface area contributed by atoms with Crippen LogP contribution in [0.15, 0.2) is 47.4 Å². The first kappa shape index (κ1) is 36.0. The van der Waals surface area contributed by atoms with Crippen molar-refractivity contribution in [3.63, 3.8) is 0 Å². The number of piperazine rings is 1. The van der Waals surface area contributed by atoms with Gasteiger partial charge in [0.25, 0.3) is 0 Å². The third kappa shape index (κ3) is 10.2. The molecule has 0 spiro atoms. The summed E-state index contributed by atoms with van der Waals surface area (Å²) in [4.78, 5) is 32.6. The molecule has 242 valence electrons. The fraction of sp³-hybridized carbons (Fsp3) is 0.360. The van der Waals surface area contributed by atoms with E-state index in [1.54, 1.807) is 0 Å². The SMILES string of the molecule is CC(NC(=O)CC(=O)Nc1ccc(C(=N)N)cc1)c1ccc(S(=O)(=O)N2CCNCC2)c(C(F)(F)F)c1.O=C(O)C(F)(F)F. The van der Waals surface area contributed by atoms with E-state index in [1.165, 1.54) is 37.3 Å². The van der Waals surface area contributed by atoms with Crippen LogP contribution in [0.5, 0.6) is 0 Å². The molecule has 1 heterocycles. The Morgan fingerprint density at radius 3 is 2.05 bits per heavy atom. The van der Waals surface area contributed by atoms with Gasteiger partial charge in [0.15, 0.2) is 0 Å². The number of anilines is 1. The summed E-state index contributed by atoms with van der Waals surface area (Å²) in [5.41, 5.74) is 4.89. The Morgan fingerprint density at radius 1 is 1.02 bits per heavy atom. The third-order valence-electron chi connectivity index (χ3n) is 5.92. The number of carbonyl (C=O) groups excluding carboxylic acids is 2. The summed E-state index contributed by atoms with van der Waals surface area (Å²) < 4.78 is 100. The Kier molecular flexibility index (Phi) is 11.8. The number of carboxylic acids is 1. The minimum absolute atomic E-state index is 0.0279. The molecule has 12 nitrogen and oxygen atoms in total. The van der Waals surface area contributed by atoms with E-state index in [4.69, 9.17) is 21.0 Å². The van der Waals surface area contributed by atoms with Crippen molar-refractivity contribution in [3.8, 4) is 0 Å². The van der Waals surface area contributed by atoms with Crippen LogP contribution >= 0.6 is 0 Å². The number of nitrogens with zero attached hydrogens (tertiary/aromatic N) is 1. The van der Waals surface area contributed by atoms with E-state index in [0.29, 0.717) is 30.4 Å². The van der Waals surface area contributed by atoms with Gasteiger partial charge in [0.05, 0.1) is 16.5 Å². The molecule has 3 rings (SSSR count). The van der Waals surface area contributed by atoms with Crippen LogP contribution in [-0.2, 0) is 30.6 Å². The Morgan fingerprint density at radius 2 is 1.57 bits per heavy atom. The number of sulfonamides is 1. The number of hydrogen-bond acceptors (Lipinski definition) is 7. The van der Waals surface area contributed by atoms with Crippen molar-refractivity contribution in [3.05, 3.63) is 59.2 Å². The van der Waals surface area contributed by atoms with Crippen LogP contribution in [0, 0.1) is 5.41 Å². The summed E-state index contributed by atoms with van der Waals surface area (Å²) in [6, 6.07) is 7.92. The van der Waals surface area contributed by atoms with Gasteiger partial charge in [-0.2, -0.15) is 30.6 Å². The number of benzene rings is 2.